The zero-order chi connectivity index (χ0) is 22.6. The van der Waals surface area contributed by atoms with Crippen molar-refractivity contribution in [2.45, 2.75) is 32.2 Å². The van der Waals surface area contributed by atoms with E-state index >= 15 is 0 Å². The second kappa shape index (κ2) is 9.65. The molecule has 32 heavy (non-hydrogen) atoms. The van der Waals surface area contributed by atoms with E-state index in [1.54, 1.807) is 24.3 Å². The second-order valence-corrected chi connectivity index (χ2v) is 8.22. The number of para-hydroxylation sites is 1. The molecule has 0 unspecified atom stereocenters. The zero-order valence-electron chi connectivity index (χ0n) is 17.9. The number of benzene rings is 3. The van der Waals surface area contributed by atoms with Crippen molar-refractivity contribution in [3.05, 3.63) is 90.0 Å². The Morgan fingerprint density at radius 3 is 2.25 bits per heavy atom. The third kappa shape index (κ3) is 5.62. The van der Waals surface area contributed by atoms with Crippen molar-refractivity contribution in [2.24, 2.45) is 5.92 Å². The molecule has 3 nitrogen and oxygen atoms in total. The quantitative estimate of drug-likeness (QED) is 0.421. The minimum Gasteiger partial charge on any atom is -0.486 e. The number of alkyl halides is 3. The van der Waals surface area contributed by atoms with Gasteiger partial charge in [0.25, 0.3) is 0 Å². The van der Waals surface area contributed by atoms with Crippen molar-refractivity contribution in [3.63, 3.8) is 0 Å². The van der Waals surface area contributed by atoms with E-state index in [-0.39, 0.29) is 17.8 Å². The molecule has 1 aliphatic heterocycles. The minimum absolute atomic E-state index is 0.0740. The molecule has 0 saturated carbocycles. The van der Waals surface area contributed by atoms with E-state index in [2.05, 4.69) is 24.0 Å². The highest BCUT2D eigenvalue weighted by Crippen LogP contribution is 2.39. The Morgan fingerprint density at radius 1 is 0.906 bits per heavy atom. The summed E-state index contributed by atoms with van der Waals surface area (Å²) in [6.45, 7) is 4.71. The summed E-state index contributed by atoms with van der Waals surface area (Å²) in [5.74, 6) is 1.09. The molecule has 3 aromatic rings. The largest absolute Gasteiger partial charge is 0.486 e. The summed E-state index contributed by atoms with van der Waals surface area (Å²) in [6, 6.07) is 22.5. The molecule has 0 N–H and O–H groups in total. The highest BCUT2D eigenvalue weighted by molar-refractivity contribution is 5.46. The number of likely N-dealkylation sites (tertiary alicyclic amines) is 1. The number of hydrogen-bond donors (Lipinski definition) is 0. The molecule has 1 aliphatic rings. The Labute approximate surface area is 186 Å². The SMILES string of the molecule is C[C@H]1CN(Cc2ccccc2)CC[C@@H]1Oc1ccc(C(F)(F)F)cc1Oc1ccccc1. The lowest BCUT2D eigenvalue weighted by atomic mass is 9.96. The number of nitrogens with zero attached hydrogens (tertiary/aromatic N) is 1. The van der Waals surface area contributed by atoms with Crippen LogP contribution in [0.1, 0.15) is 24.5 Å². The van der Waals surface area contributed by atoms with Crippen molar-refractivity contribution in [1.29, 1.82) is 0 Å². The van der Waals surface area contributed by atoms with E-state index < -0.39 is 11.7 Å². The van der Waals surface area contributed by atoms with E-state index in [4.69, 9.17) is 9.47 Å². The van der Waals surface area contributed by atoms with Gasteiger partial charge in [-0.15, -0.1) is 0 Å². The molecule has 0 aromatic heterocycles. The number of halogens is 3. The zero-order valence-corrected chi connectivity index (χ0v) is 17.9. The Kier molecular flexibility index (Phi) is 6.70. The van der Waals surface area contributed by atoms with Crippen molar-refractivity contribution in [3.8, 4) is 17.2 Å². The standard InChI is InChI=1S/C26H26F3NO2/c1-19-17-30(18-20-8-4-2-5-9-20)15-14-23(19)32-24-13-12-21(26(27,28)29)16-25(24)31-22-10-6-3-7-11-22/h2-13,16,19,23H,14-15,17-18H2,1H3/t19-,23-/m0/s1. The fraction of sp³-hybridized carbons (Fsp3) is 0.308. The smallest absolute Gasteiger partial charge is 0.416 e. The molecule has 0 radical (unpaired) electrons. The van der Waals surface area contributed by atoms with Crippen LogP contribution in [-0.4, -0.2) is 24.1 Å². The lowest BCUT2D eigenvalue weighted by Crippen LogP contribution is -2.44. The van der Waals surface area contributed by atoms with E-state index in [1.807, 2.05) is 24.3 Å². The van der Waals surface area contributed by atoms with Crippen LogP contribution in [0.5, 0.6) is 17.2 Å². The minimum atomic E-state index is -4.45. The Hall–Kier alpha value is -2.99. The van der Waals surface area contributed by atoms with E-state index in [1.165, 1.54) is 11.6 Å². The van der Waals surface area contributed by atoms with Crippen LogP contribution in [0.3, 0.4) is 0 Å². The summed E-state index contributed by atoms with van der Waals surface area (Å²) >= 11 is 0. The average Bonchev–Trinajstić information content (AvgIpc) is 2.77. The van der Waals surface area contributed by atoms with Gasteiger partial charge in [0.05, 0.1) is 5.56 Å². The first kappa shape index (κ1) is 22.2. The molecule has 3 aromatic carbocycles. The van der Waals surface area contributed by atoms with Gasteiger partial charge in [0.2, 0.25) is 0 Å². The van der Waals surface area contributed by atoms with Crippen LogP contribution in [0.15, 0.2) is 78.9 Å². The van der Waals surface area contributed by atoms with E-state index in [0.717, 1.165) is 38.2 Å². The first-order valence-corrected chi connectivity index (χ1v) is 10.8. The third-order valence-electron chi connectivity index (χ3n) is 5.68. The Balaban J connectivity index is 1.48. The van der Waals surface area contributed by atoms with Crippen LogP contribution >= 0.6 is 0 Å². The summed E-state index contributed by atoms with van der Waals surface area (Å²) in [4.78, 5) is 2.38. The maximum absolute atomic E-state index is 13.3. The van der Waals surface area contributed by atoms with Crippen LogP contribution in [0, 0.1) is 5.92 Å². The maximum atomic E-state index is 13.3. The summed E-state index contributed by atoms with van der Waals surface area (Å²) in [7, 11) is 0. The highest BCUT2D eigenvalue weighted by Gasteiger charge is 2.33. The van der Waals surface area contributed by atoms with Gasteiger partial charge in [0, 0.05) is 25.6 Å². The second-order valence-electron chi connectivity index (χ2n) is 8.22. The van der Waals surface area contributed by atoms with Gasteiger partial charge in [-0.05, 0) is 42.3 Å². The lowest BCUT2D eigenvalue weighted by molar-refractivity contribution is -0.137. The Bertz CT molecular complexity index is 1010. The predicted octanol–water partition coefficient (Wildman–Crippen LogP) is 6.79. The summed E-state index contributed by atoms with van der Waals surface area (Å²) in [5.41, 5.74) is 0.502. The molecule has 2 atom stereocenters. The van der Waals surface area contributed by atoms with Crippen molar-refractivity contribution >= 4 is 0 Å². The van der Waals surface area contributed by atoms with Crippen LogP contribution in [0.4, 0.5) is 13.2 Å². The van der Waals surface area contributed by atoms with Gasteiger partial charge in [0.15, 0.2) is 11.5 Å². The molecular weight excluding hydrogens is 415 g/mol. The van der Waals surface area contributed by atoms with Gasteiger partial charge in [0.1, 0.15) is 11.9 Å². The molecule has 168 valence electrons. The van der Waals surface area contributed by atoms with E-state index in [9.17, 15) is 13.2 Å². The van der Waals surface area contributed by atoms with Gasteiger partial charge in [-0.25, -0.2) is 0 Å². The van der Waals surface area contributed by atoms with Gasteiger partial charge in [-0.3, -0.25) is 4.90 Å². The number of piperidine rings is 1. The first-order chi connectivity index (χ1) is 15.4. The number of ether oxygens (including phenoxy) is 2. The molecule has 4 rings (SSSR count). The molecular formula is C26H26F3NO2. The number of hydrogen-bond acceptors (Lipinski definition) is 3. The topological polar surface area (TPSA) is 21.7 Å². The fourth-order valence-corrected chi connectivity index (χ4v) is 4.01. The van der Waals surface area contributed by atoms with Gasteiger partial charge in [-0.2, -0.15) is 13.2 Å². The first-order valence-electron chi connectivity index (χ1n) is 10.8. The van der Waals surface area contributed by atoms with Crippen molar-refractivity contribution < 1.29 is 22.6 Å². The van der Waals surface area contributed by atoms with E-state index in [0.29, 0.717) is 11.5 Å². The molecule has 0 amide bonds. The van der Waals surface area contributed by atoms with Gasteiger partial charge < -0.3 is 9.47 Å². The van der Waals surface area contributed by atoms with Crippen LogP contribution in [0.2, 0.25) is 0 Å². The van der Waals surface area contributed by atoms with Crippen LogP contribution in [-0.2, 0) is 12.7 Å². The Morgan fingerprint density at radius 2 is 1.59 bits per heavy atom. The highest BCUT2D eigenvalue weighted by atomic mass is 19.4. The van der Waals surface area contributed by atoms with Crippen molar-refractivity contribution in [1.82, 2.24) is 4.90 Å². The normalized spacial score (nSPS) is 19.5. The summed E-state index contributed by atoms with van der Waals surface area (Å²) < 4.78 is 51.8. The third-order valence-corrected chi connectivity index (χ3v) is 5.68. The molecule has 1 heterocycles. The average molecular weight is 441 g/mol. The fourth-order valence-electron chi connectivity index (χ4n) is 4.01. The monoisotopic (exact) mass is 441 g/mol. The maximum Gasteiger partial charge on any atom is 0.416 e. The predicted molar refractivity (Wildman–Crippen MR) is 118 cm³/mol. The van der Waals surface area contributed by atoms with Crippen molar-refractivity contribution in [2.75, 3.05) is 13.1 Å². The van der Waals surface area contributed by atoms with Crippen LogP contribution in [0.25, 0.3) is 0 Å². The lowest BCUT2D eigenvalue weighted by Gasteiger charge is -2.37. The number of rotatable bonds is 6. The molecule has 1 saturated heterocycles. The molecule has 0 spiro atoms. The molecule has 6 heteroatoms. The van der Waals surface area contributed by atoms with Crippen LogP contribution < -0.4 is 9.47 Å². The molecule has 1 fully saturated rings. The summed E-state index contributed by atoms with van der Waals surface area (Å²) in [5, 5.41) is 0. The summed E-state index contributed by atoms with van der Waals surface area (Å²) in [6.07, 6.45) is -3.76. The van der Waals surface area contributed by atoms with Gasteiger partial charge >= 0.3 is 6.18 Å². The molecule has 0 bridgehead atoms. The molecule has 0 aliphatic carbocycles. The van der Waals surface area contributed by atoms with Gasteiger partial charge in [-0.1, -0.05) is 55.5 Å².